The average Bonchev–Trinajstić information content (AvgIpc) is 3.09. The Morgan fingerprint density at radius 2 is 2.00 bits per heavy atom. The molecule has 24 heavy (non-hydrogen) atoms. The van der Waals surface area contributed by atoms with Crippen molar-refractivity contribution in [3.63, 3.8) is 0 Å². The molecule has 3 rings (SSSR count). The fourth-order valence-electron chi connectivity index (χ4n) is 2.24. The first kappa shape index (κ1) is 16.5. The number of thiazole rings is 1. The summed E-state index contributed by atoms with van der Waals surface area (Å²) in [6.45, 7) is 0.653. The summed E-state index contributed by atoms with van der Waals surface area (Å²) < 4.78 is 0. The smallest absolute Gasteiger partial charge is 0.252 e. The highest BCUT2D eigenvalue weighted by Crippen LogP contribution is 2.26. The van der Waals surface area contributed by atoms with E-state index in [-0.39, 0.29) is 5.91 Å². The molecule has 0 aliphatic heterocycles. The number of rotatable bonds is 5. The second-order valence-electron chi connectivity index (χ2n) is 5.13. The maximum absolute atomic E-state index is 11.6. The molecule has 1 heterocycles. The molecule has 3 aromatic rings. The molecular weight excluding hydrogens is 342 g/mol. The monoisotopic (exact) mass is 357 g/mol. The van der Waals surface area contributed by atoms with Crippen LogP contribution in [0.2, 0.25) is 5.02 Å². The summed E-state index contributed by atoms with van der Waals surface area (Å²) >= 11 is 7.81. The topological polar surface area (TPSA) is 54.0 Å². The Bertz CT molecular complexity index is 848. The number of amides is 1. The Hall–Kier alpha value is -2.37. The van der Waals surface area contributed by atoms with Crippen molar-refractivity contribution in [2.75, 3.05) is 12.4 Å². The number of benzene rings is 2. The number of carbonyl (C=O) groups is 1. The lowest BCUT2D eigenvalue weighted by atomic mass is 10.2. The Balaban J connectivity index is 1.67. The van der Waals surface area contributed by atoms with E-state index >= 15 is 0 Å². The van der Waals surface area contributed by atoms with E-state index in [4.69, 9.17) is 11.6 Å². The molecule has 0 fully saturated rings. The zero-order chi connectivity index (χ0) is 16.9. The van der Waals surface area contributed by atoms with Gasteiger partial charge in [-0.15, -0.1) is 11.3 Å². The van der Waals surface area contributed by atoms with Crippen LogP contribution in [0.3, 0.4) is 0 Å². The molecule has 4 nitrogen and oxygen atoms in total. The predicted molar refractivity (Wildman–Crippen MR) is 99.7 cm³/mol. The summed E-state index contributed by atoms with van der Waals surface area (Å²) in [4.78, 5) is 17.2. The van der Waals surface area contributed by atoms with Crippen molar-refractivity contribution in [3.8, 4) is 10.6 Å². The van der Waals surface area contributed by atoms with Gasteiger partial charge in [0, 0.05) is 29.4 Å². The van der Waals surface area contributed by atoms with Gasteiger partial charge in [0.2, 0.25) is 0 Å². The van der Waals surface area contributed by atoms with Crippen LogP contribution in [0.1, 0.15) is 15.2 Å². The summed E-state index contributed by atoms with van der Waals surface area (Å²) in [7, 11) is 1.58. The highest BCUT2D eigenvalue weighted by Gasteiger charge is 2.09. The van der Waals surface area contributed by atoms with Crippen LogP contribution in [0, 0.1) is 0 Å². The Labute approximate surface area is 149 Å². The Morgan fingerprint density at radius 3 is 2.71 bits per heavy atom. The molecule has 0 spiro atoms. The number of hydrogen-bond donors (Lipinski definition) is 2. The first-order valence-corrected chi connectivity index (χ1v) is 8.62. The van der Waals surface area contributed by atoms with E-state index in [0.717, 1.165) is 21.1 Å². The second kappa shape index (κ2) is 7.47. The van der Waals surface area contributed by atoms with Crippen molar-refractivity contribution in [3.05, 3.63) is 70.2 Å². The first-order chi connectivity index (χ1) is 11.7. The van der Waals surface area contributed by atoms with Crippen molar-refractivity contribution < 1.29 is 4.79 Å². The number of nitrogens with one attached hydrogen (secondary N) is 2. The van der Waals surface area contributed by atoms with Crippen LogP contribution in [0.4, 0.5) is 5.69 Å². The van der Waals surface area contributed by atoms with E-state index < -0.39 is 0 Å². The average molecular weight is 358 g/mol. The summed E-state index contributed by atoms with van der Waals surface area (Å²) in [6.07, 6.45) is 1.88. The van der Waals surface area contributed by atoms with Gasteiger partial charge in [0.25, 0.3) is 5.91 Å². The van der Waals surface area contributed by atoms with Gasteiger partial charge in [-0.1, -0.05) is 41.9 Å². The van der Waals surface area contributed by atoms with Crippen LogP contribution in [-0.2, 0) is 6.54 Å². The molecule has 0 bridgehead atoms. The third kappa shape index (κ3) is 3.75. The maximum Gasteiger partial charge on any atom is 0.252 e. The maximum atomic E-state index is 11.6. The standard InChI is InChI=1S/C18H16ClN3OS/c1-20-17(23)15-8-7-13(9-16(15)19)21-10-14-11-22-18(24-14)12-5-3-2-4-6-12/h2-9,11,21H,10H2,1H3,(H,20,23). The number of hydrogen-bond acceptors (Lipinski definition) is 4. The molecule has 6 heteroatoms. The summed E-state index contributed by atoms with van der Waals surface area (Å²) in [5, 5.41) is 7.30. The third-order valence-electron chi connectivity index (χ3n) is 3.48. The fourth-order valence-corrected chi connectivity index (χ4v) is 3.36. The molecular formula is C18H16ClN3OS. The molecule has 1 aromatic heterocycles. The molecule has 0 saturated heterocycles. The molecule has 0 saturated carbocycles. The number of nitrogens with zero attached hydrogens (tertiary/aromatic N) is 1. The van der Waals surface area contributed by atoms with E-state index in [1.54, 1.807) is 30.5 Å². The first-order valence-electron chi connectivity index (χ1n) is 7.43. The highest BCUT2D eigenvalue weighted by atomic mass is 35.5. The van der Waals surface area contributed by atoms with E-state index in [1.807, 2.05) is 42.6 Å². The Morgan fingerprint density at radius 1 is 1.21 bits per heavy atom. The van der Waals surface area contributed by atoms with Crippen molar-refractivity contribution in [1.82, 2.24) is 10.3 Å². The van der Waals surface area contributed by atoms with Gasteiger partial charge in [-0.25, -0.2) is 4.98 Å². The zero-order valence-electron chi connectivity index (χ0n) is 13.0. The van der Waals surface area contributed by atoms with E-state index in [1.165, 1.54) is 0 Å². The molecule has 0 aliphatic rings. The van der Waals surface area contributed by atoms with Crippen LogP contribution in [0.25, 0.3) is 10.6 Å². The predicted octanol–water partition coefficient (Wildman–Crippen LogP) is 4.44. The molecule has 0 atom stereocenters. The second-order valence-corrected chi connectivity index (χ2v) is 6.65. The molecule has 0 radical (unpaired) electrons. The van der Waals surface area contributed by atoms with Crippen molar-refractivity contribution in [1.29, 1.82) is 0 Å². The fraction of sp³-hybridized carbons (Fsp3) is 0.111. The normalized spacial score (nSPS) is 10.4. The van der Waals surface area contributed by atoms with Gasteiger partial charge in [0.1, 0.15) is 5.01 Å². The minimum atomic E-state index is -0.193. The summed E-state index contributed by atoms with van der Waals surface area (Å²) in [5.41, 5.74) is 2.45. The zero-order valence-corrected chi connectivity index (χ0v) is 14.6. The summed E-state index contributed by atoms with van der Waals surface area (Å²) in [6, 6.07) is 15.4. The van der Waals surface area contributed by atoms with Gasteiger partial charge in [-0.3, -0.25) is 4.79 Å². The van der Waals surface area contributed by atoms with Crippen LogP contribution < -0.4 is 10.6 Å². The van der Waals surface area contributed by atoms with Crippen LogP contribution in [0.15, 0.2) is 54.7 Å². The van der Waals surface area contributed by atoms with Gasteiger partial charge < -0.3 is 10.6 Å². The number of anilines is 1. The van der Waals surface area contributed by atoms with E-state index in [9.17, 15) is 4.79 Å². The molecule has 0 unspecified atom stereocenters. The molecule has 1 amide bonds. The van der Waals surface area contributed by atoms with Crippen molar-refractivity contribution in [2.45, 2.75) is 6.54 Å². The molecule has 0 aliphatic carbocycles. The highest BCUT2D eigenvalue weighted by molar-refractivity contribution is 7.15. The van der Waals surface area contributed by atoms with Gasteiger partial charge in [0.05, 0.1) is 17.1 Å². The third-order valence-corrected chi connectivity index (χ3v) is 4.84. The minimum absolute atomic E-state index is 0.193. The number of halogens is 1. The molecule has 2 N–H and O–H groups in total. The molecule has 2 aromatic carbocycles. The van der Waals surface area contributed by atoms with E-state index in [2.05, 4.69) is 15.6 Å². The van der Waals surface area contributed by atoms with Crippen LogP contribution >= 0.6 is 22.9 Å². The number of aromatic nitrogens is 1. The van der Waals surface area contributed by atoms with Crippen molar-refractivity contribution in [2.24, 2.45) is 0 Å². The SMILES string of the molecule is CNC(=O)c1ccc(NCc2cnc(-c3ccccc3)s2)cc1Cl. The lowest BCUT2D eigenvalue weighted by Gasteiger charge is -2.08. The van der Waals surface area contributed by atoms with Crippen LogP contribution in [0.5, 0.6) is 0 Å². The van der Waals surface area contributed by atoms with Crippen molar-refractivity contribution >= 4 is 34.5 Å². The largest absolute Gasteiger partial charge is 0.380 e. The lowest BCUT2D eigenvalue weighted by molar-refractivity contribution is 0.0963. The van der Waals surface area contributed by atoms with E-state index in [0.29, 0.717) is 17.1 Å². The number of carbonyl (C=O) groups excluding carboxylic acids is 1. The van der Waals surface area contributed by atoms with Gasteiger partial charge >= 0.3 is 0 Å². The van der Waals surface area contributed by atoms with Gasteiger partial charge in [-0.05, 0) is 18.2 Å². The van der Waals surface area contributed by atoms with Gasteiger partial charge in [-0.2, -0.15) is 0 Å². The van der Waals surface area contributed by atoms with Crippen LogP contribution in [-0.4, -0.2) is 17.9 Å². The quantitative estimate of drug-likeness (QED) is 0.710. The van der Waals surface area contributed by atoms with Gasteiger partial charge in [0.15, 0.2) is 0 Å². The Kier molecular flexibility index (Phi) is 5.13. The minimum Gasteiger partial charge on any atom is -0.380 e. The lowest BCUT2D eigenvalue weighted by Crippen LogP contribution is -2.18. The summed E-state index contributed by atoms with van der Waals surface area (Å²) in [5.74, 6) is -0.193. The molecule has 122 valence electrons.